The molecule has 4 atom stereocenters. The molecular weight excluding hydrogens is 180 g/mol. The van der Waals surface area contributed by atoms with Crippen LogP contribution in [0.4, 0.5) is 0 Å². The van der Waals surface area contributed by atoms with Gasteiger partial charge in [0.25, 0.3) is 0 Å². The minimum atomic E-state index is 0.625. The normalized spacial score (nSPS) is 54.5. The molecule has 0 aromatic heterocycles. The molecule has 0 heterocycles. The molecule has 0 nitrogen and oxygen atoms in total. The van der Waals surface area contributed by atoms with E-state index in [0.717, 1.165) is 11.8 Å². The summed E-state index contributed by atoms with van der Waals surface area (Å²) < 4.78 is 0. The molecule has 15 heavy (non-hydrogen) atoms. The van der Waals surface area contributed by atoms with Crippen LogP contribution in [0.3, 0.4) is 0 Å². The van der Waals surface area contributed by atoms with Gasteiger partial charge < -0.3 is 0 Å². The maximum atomic E-state index is 4.29. The molecule has 3 saturated carbocycles. The Hall–Kier alpha value is -0.260. The van der Waals surface area contributed by atoms with E-state index in [2.05, 4.69) is 34.3 Å². The first-order valence-corrected chi connectivity index (χ1v) is 6.57. The van der Waals surface area contributed by atoms with Crippen LogP contribution in [0.15, 0.2) is 12.2 Å². The van der Waals surface area contributed by atoms with Gasteiger partial charge in [-0.15, -0.1) is 0 Å². The third kappa shape index (κ3) is 1.04. The van der Waals surface area contributed by atoms with E-state index in [-0.39, 0.29) is 0 Å². The smallest absolute Gasteiger partial charge is 0.00373 e. The van der Waals surface area contributed by atoms with Crippen molar-refractivity contribution in [2.75, 3.05) is 0 Å². The Bertz CT molecular complexity index is 338. The van der Waals surface area contributed by atoms with Crippen molar-refractivity contribution in [1.82, 2.24) is 0 Å². The van der Waals surface area contributed by atoms with Crippen LogP contribution >= 0.6 is 0 Å². The average Bonchev–Trinajstić information content (AvgIpc) is 2.99. The zero-order valence-electron chi connectivity index (χ0n) is 10.7. The standard InChI is InChI=1S/C15H24/c1-6-12-10(2)15(12)9-14(15,5)8-11-7-13(11,3)4/h11-12H,2,6-9H2,1,3-5H3. The second-order valence-corrected chi connectivity index (χ2v) is 7.29. The van der Waals surface area contributed by atoms with Crippen LogP contribution in [0, 0.1) is 28.1 Å². The van der Waals surface area contributed by atoms with Crippen molar-refractivity contribution in [2.24, 2.45) is 28.1 Å². The molecule has 0 saturated heterocycles. The second kappa shape index (κ2) is 2.36. The summed E-state index contributed by atoms with van der Waals surface area (Å²) in [5.41, 5.74) is 3.51. The van der Waals surface area contributed by atoms with Crippen LogP contribution < -0.4 is 0 Å². The molecule has 0 amide bonds. The average molecular weight is 204 g/mol. The van der Waals surface area contributed by atoms with Crippen molar-refractivity contribution < 1.29 is 0 Å². The summed E-state index contributed by atoms with van der Waals surface area (Å²) in [4.78, 5) is 0. The Labute approximate surface area is 94.1 Å². The summed E-state index contributed by atoms with van der Waals surface area (Å²) in [6.07, 6.45) is 5.70. The van der Waals surface area contributed by atoms with E-state index in [1.807, 2.05) is 0 Å². The van der Waals surface area contributed by atoms with Gasteiger partial charge in [-0.1, -0.05) is 39.8 Å². The summed E-state index contributed by atoms with van der Waals surface area (Å²) in [7, 11) is 0. The van der Waals surface area contributed by atoms with Crippen molar-refractivity contribution in [2.45, 2.75) is 53.4 Å². The molecule has 0 aromatic carbocycles. The van der Waals surface area contributed by atoms with E-state index in [1.54, 1.807) is 5.57 Å². The predicted molar refractivity (Wildman–Crippen MR) is 64.6 cm³/mol. The Morgan fingerprint density at radius 3 is 2.33 bits per heavy atom. The van der Waals surface area contributed by atoms with Crippen LogP contribution in [0.1, 0.15) is 53.4 Å². The fraction of sp³-hybridized carbons (Fsp3) is 0.867. The maximum Gasteiger partial charge on any atom is 0.00373 e. The molecular formula is C15H24. The lowest BCUT2D eigenvalue weighted by Crippen LogP contribution is -2.04. The van der Waals surface area contributed by atoms with Crippen molar-refractivity contribution in [3.63, 3.8) is 0 Å². The lowest BCUT2D eigenvalue weighted by atomic mass is 9.93. The van der Waals surface area contributed by atoms with Gasteiger partial charge in [0.15, 0.2) is 0 Å². The topological polar surface area (TPSA) is 0 Å². The molecule has 0 aliphatic heterocycles. The van der Waals surface area contributed by atoms with Gasteiger partial charge in [-0.25, -0.2) is 0 Å². The van der Waals surface area contributed by atoms with Gasteiger partial charge in [0.1, 0.15) is 0 Å². The van der Waals surface area contributed by atoms with Gasteiger partial charge in [0.2, 0.25) is 0 Å². The number of hydrogen-bond donors (Lipinski definition) is 0. The highest BCUT2D eigenvalue weighted by Gasteiger charge is 2.79. The second-order valence-electron chi connectivity index (χ2n) is 7.29. The van der Waals surface area contributed by atoms with E-state index < -0.39 is 0 Å². The summed E-state index contributed by atoms with van der Waals surface area (Å²) in [6, 6.07) is 0. The van der Waals surface area contributed by atoms with E-state index in [0.29, 0.717) is 16.2 Å². The third-order valence-electron chi connectivity index (χ3n) is 5.95. The lowest BCUT2D eigenvalue weighted by molar-refractivity contribution is 0.376. The van der Waals surface area contributed by atoms with Crippen molar-refractivity contribution >= 4 is 0 Å². The molecule has 0 bridgehead atoms. The molecule has 0 heteroatoms. The third-order valence-corrected chi connectivity index (χ3v) is 5.95. The van der Waals surface area contributed by atoms with Gasteiger partial charge in [-0.3, -0.25) is 0 Å². The van der Waals surface area contributed by atoms with Crippen LogP contribution in [-0.4, -0.2) is 0 Å². The number of hydrogen-bond acceptors (Lipinski definition) is 0. The Kier molecular flexibility index (Phi) is 1.56. The molecule has 3 aliphatic carbocycles. The first-order valence-electron chi connectivity index (χ1n) is 6.57. The maximum absolute atomic E-state index is 4.29. The Balaban J connectivity index is 1.68. The zero-order chi connectivity index (χ0) is 11.1. The predicted octanol–water partition coefficient (Wildman–Crippen LogP) is 4.42. The van der Waals surface area contributed by atoms with Crippen molar-refractivity contribution in [1.29, 1.82) is 0 Å². The van der Waals surface area contributed by atoms with Gasteiger partial charge in [-0.2, -0.15) is 0 Å². The molecule has 84 valence electrons. The highest BCUT2D eigenvalue weighted by molar-refractivity contribution is 5.48. The van der Waals surface area contributed by atoms with Gasteiger partial charge in [0.05, 0.1) is 0 Å². The minimum Gasteiger partial charge on any atom is -0.0989 e. The highest BCUT2D eigenvalue weighted by Crippen LogP contribution is 2.87. The molecule has 3 aliphatic rings. The van der Waals surface area contributed by atoms with Crippen LogP contribution in [-0.2, 0) is 0 Å². The fourth-order valence-corrected chi connectivity index (χ4v) is 4.45. The van der Waals surface area contributed by atoms with Crippen molar-refractivity contribution in [3.8, 4) is 0 Å². The molecule has 0 aromatic rings. The molecule has 4 unspecified atom stereocenters. The van der Waals surface area contributed by atoms with E-state index in [9.17, 15) is 0 Å². The largest absolute Gasteiger partial charge is 0.0989 e. The lowest BCUT2D eigenvalue weighted by Gasteiger charge is -2.12. The minimum absolute atomic E-state index is 0.625. The summed E-state index contributed by atoms with van der Waals surface area (Å²) >= 11 is 0. The zero-order valence-corrected chi connectivity index (χ0v) is 10.7. The van der Waals surface area contributed by atoms with Gasteiger partial charge in [-0.05, 0) is 48.3 Å². The highest BCUT2D eigenvalue weighted by atomic mass is 14.8. The molecule has 1 spiro atoms. The Morgan fingerprint density at radius 1 is 1.33 bits per heavy atom. The van der Waals surface area contributed by atoms with E-state index in [1.165, 1.54) is 25.7 Å². The summed E-state index contributed by atoms with van der Waals surface area (Å²) in [5.74, 6) is 1.89. The first-order chi connectivity index (χ1) is 6.87. The van der Waals surface area contributed by atoms with Gasteiger partial charge in [0, 0.05) is 5.41 Å². The SMILES string of the molecule is C=C1C(CC)C12CC2(C)CC1CC1(C)C. The van der Waals surface area contributed by atoms with Crippen LogP contribution in [0.5, 0.6) is 0 Å². The van der Waals surface area contributed by atoms with Crippen LogP contribution in [0.2, 0.25) is 0 Å². The molecule has 0 N–H and O–H groups in total. The Morgan fingerprint density at radius 2 is 1.93 bits per heavy atom. The molecule has 3 fully saturated rings. The quantitative estimate of drug-likeness (QED) is 0.597. The number of allylic oxidation sites excluding steroid dienone is 1. The van der Waals surface area contributed by atoms with Gasteiger partial charge >= 0.3 is 0 Å². The van der Waals surface area contributed by atoms with E-state index in [4.69, 9.17) is 0 Å². The molecule has 0 radical (unpaired) electrons. The van der Waals surface area contributed by atoms with Crippen molar-refractivity contribution in [3.05, 3.63) is 12.2 Å². The fourth-order valence-electron chi connectivity index (χ4n) is 4.45. The monoisotopic (exact) mass is 204 g/mol. The van der Waals surface area contributed by atoms with Crippen LogP contribution in [0.25, 0.3) is 0 Å². The first kappa shape index (κ1) is 9.93. The summed E-state index contributed by atoms with van der Waals surface area (Å²) in [5, 5.41) is 0. The number of rotatable bonds is 3. The van der Waals surface area contributed by atoms with E-state index >= 15 is 0 Å². The summed E-state index contributed by atoms with van der Waals surface area (Å²) in [6.45, 7) is 14.0. The molecule has 3 rings (SSSR count).